The molecule has 0 radical (unpaired) electrons. The summed E-state index contributed by atoms with van der Waals surface area (Å²) in [7, 11) is 0. The SMILES string of the molecule is CCC(F)(F)C(=O)N1CCN(Cc2cc(F)cc(NC(=O)c3cnc(C)c(Cl)c3)c2C)C[C@@H]1C. The normalized spacial score (nSPS) is 17.1. The number of halogens is 4. The summed E-state index contributed by atoms with van der Waals surface area (Å²) >= 11 is 6.05. The lowest BCUT2D eigenvalue weighted by atomic mass is 10.0. The number of aromatic nitrogens is 1. The van der Waals surface area contributed by atoms with E-state index in [9.17, 15) is 22.8 Å². The van der Waals surface area contributed by atoms with Gasteiger partial charge in [0.05, 0.1) is 16.3 Å². The third-order valence-corrected chi connectivity index (χ3v) is 6.52. The van der Waals surface area contributed by atoms with Crippen LogP contribution in [0.25, 0.3) is 0 Å². The van der Waals surface area contributed by atoms with Crippen molar-refractivity contribution in [3.63, 3.8) is 0 Å². The van der Waals surface area contributed by atoms with E-state index in [1.54, 1.807) is 20.8 Å². The van der Waals surface area contributed by atoms with Gasteiger partial charge in [0.25, 0.3) is 11.8 Å². The summed E-state index contributed by atoms with van der Waals surface area (Å²) < 4.78 is 42.1. The number of nitrogens with zero attached hydrogens (tertiary/aromatic N) is 3. The molecule has 2 amide bonds. The molecule has 6 nitrogen and oxygen atoms in total. The van der Waals surface area contributed by atoms with Crippen LogP contribution < -0.4 is 5.32 Å². The zero-order chi connectivity index (χ0) is 25.2. The Kier molecular flexibility index (Phi) is 7.88. The maximum Gasteiger partial charge on any atom is 0.324 e. The van der Waals surface area contributed by atoms with E-state index < -0.39 is 36.0 Å². The molecule has 1 N–H and O–H groups in total. The maximum atomic E-state index is 14.4. The van der Waals surface area contributed by atoms with Gasteiger partial charge in [-0.3, -0.25) is 19.5 Å². The van der Waals surface area contributed by atoms with Crippen LogP contribution in [0.1, 0.15) is 47.4 Å². The first kappa shape index (κ1) is 26.0. The van der Waals surface area contributed by atoms with Crippen LogP contribution in [-0.4, -0.2) is 58.2 Å². The molecule has 0 saturated carbocycles. The largest absolute Gasteiger partial charge is 0.332 e. The molecular formula is C24H28ClF3N4O2. The van der Waals surface area contributed by atoms with Crippen molar-refractivity contribution in [1.82, 2.24) is 14.8 Å². The molecule has 3 rings (SSSR count). The van der Waals surface area contributed by atoms with Crippen molar-refractivity contribution in [2.75, 3.05) is 25.0 Å². The van der Waals surface area contributed by atoms with Gasteiger partial charge in [-0.15, -0.1) is 0 Å². The van der Waals surface area contributed by atoms with Crippen LogP contribution in [0.4, 0.5) is 18.9 Å². The Morgan fingerprint density at radius 1 is 1.24 bits per heavy atom. The lowest BCUT2D eigenvalue weighted by Gasteiger charge is -2.41. The number of carbonyl (C=O) groups excluding carboxylic acids is 2. The van der Waals surface area contributed by atoms with Crippen LogP contribution in [0, 0.1) is 19.7 Å². The van der Waals surface area contributed by atoms with Gasteiger partial charge in [-0.25, -0.2) is 4.39 Å². The Morgan fingerprint density at radius 3 is 2.56 bits per heavy atom. The molecule has 0 spiro atoms. The molecule has 10 heteroatoms. The Morgan fingerprint density at radius 2 is 1.94 bits per heavy atom. The lowest BCUT2D eigenvalue weighted by molar-refractivity contribution is -0.162. The van der Waals surface area contributed by atoms with Crippen LogP contribution >= 0.6 is 11.6 Å². The molecule has 1 aromatic heterocycles. The molecule has 0 unspecified atom stereocenters. The fourth-order valence-electron chi connectivity index (χ4n) is 3.94. The number of hydrogen-bond acceptors (Lipinski definition) is 4. The zero-order valence-electron chi connectivity index (χ0n) is 19.6. The number of piperazine rings is 1. The molecule has 184 valence electrons. The number of carbonyl (C=O) groups is 2. The highest BCUT2D eigenvalue weighted by Crippen LogP contribution is 2.27. The van der Waals surface area contributed by atoms with E-state index in [4.69, 9.17) is 11.6 Å². The number of nitrogens with one attached hydrogen (secondary N) is 1. The highest BCUT2D eigenvalue weighted by Gasteiger charge is 2.42. The number of rotatable bonds is 6. The highest BCUT2D eigenvalue weighted by molar-refractivity contribution is 6.31. The number of benzene rings is 1. The van der Waals surface area contributed by atoms with Gasteiger partial charge in [-0.05, 0) is 50.1 Å². The molecule has 1 aliphatic rings. The Bertz CT molecular complexity index is 1100. The Hall–Kier alpha value is -2.65. The average molecular weight is 497 g/mol. The fourth-order valence-corrected chi connectivity index (χ4v) is 4.10. The van der Waals surface area contributed by atoms with E-state index in [0.717, 1.165) is 0 Å². The minimum Gasteiger partial charge on any atom is -0.332 e. The first-order valence-electron chi connectivity index (χ1n) is 11.1. The topological polar surface area (TPSA) is 65.5 Å². The summed E-state index contributed by atoms with van der Waals surface area (Å²) in [6.45, 7) is 7.76. The van der Waals surface area contributed by atoms with E-state index in [1.807, 2.05) is 4.90 Å². The van der Waals surface area contributed by atoms with Crippen molar-refractivity contribution in [2.24, 2.45) is 0 Å². The second-order valence-corrected chi connectivity index (χ2v) is 9.03. The van der Waals surface area contributed by atoms with Crippen LogP contribution in [-0.2, 0) is 11.3 Å². The predicted octanol–water partition coefficient (Wildman–Crippen LogP) is 4.82. The monoisotopic (exact) mass is 496 g/mol. The van der Waals surface area contributed by atoms with E-state index in [2.05, 4.69) is 10.3 Å². The first-order chi connectivity index (χ1) is 15.9. The van der Waals surface area contributed by atoms with E-state index in [0.29, 0.717) is 47.2 Å². The van der Waals surface area contributed by atoms with Gasteiger partial charge < -0.3 is 10.2 Å². The standard InChI is InChI=1S/C24H28ClF3N4O2/c1-5-24(27,28)23(34)32-7-6-31(12-14(32)2)13-18-8-19(26)10-21(15(18)3)30-22(33)17-9-20(25)16(4)29-11-17/h8-11,14H,5-7,12-13H2,1-4H3,(H,30,33)/t14-/m0/s1. The smallest absolute Gasteiger partial charge is 0.324 e. The van der Waals surface area contributed by atoms with Crippen molar-refractivity contribution in [2.45, 2.75) is 52.6 Å². The zero-order valence-corrected chi connectivity index (χ0v) is 20.3. The lowest BCUT2D eigenvalue weighted by Crippen LogP contribution is -2.57. The summed E-state index contributed by atoms with van der Waals surface area (Å²) in [5.41, 5.74) is 2.50. The molecule has 2 aromatic rings. The predicted molar refractivity (Wildman–Crippen MR) is 125 cm³/mol. The molecular weight excluding hydrogens is 469 g/mol. The summed E-state index contributed by atoms with van der Waals surface area (Å²) in [5.74, 6) is -5.51. The van der Waals surface area contributed by atoms with Gasteiger partial charge in [-0.1, -0.05) is 18.5 Å². The number of aryl methyl sites for hydroxylation is 1. The van der Waals surface area contributed by atoms with E-state index >= 15 is 0 Å². The molecule has 1 aliphatic heterocycles. The number of pyridine rings is 1. The highest BCUT2D eigenvalue weighted by atomic mass is 35.5. The van der Waals surface area contributed by atoms with Crippen LogP contribution in [0.3, 0.4) is 0 Å². The third kappa shape index (κ3) is 5.70. The third-order valence-electron chi connectivity index (χ3n) is 6.14. The van der Waals surface area contributed by atoms with Crippen molar-refractivity contribution in [1.29, 1.82) is 0 Å². The second-order valence-electron chi connectivity index (χ2n) is 8.62. The average Bonchev–Trinajstić information content (AvgIpc) is 2.78. The summed E-state index contributed by atoms with van der Waals surface area (Å²) in [5, 5.41) is 3.07. The van der Waals surface area contributed by atoms with Crippen LogP contribution in [0.2, 0.25) is 5.02 Å². The quantitative estimate of drug-likeness (QED) is 0.622. The minimum atomic E-state index is -3.38. The maximum absolute atomic E-state index is 14.4. The van der Waals surface area contributed by atoms with E-state index in [1.165, 1.54) is 36.2 Å². The second kappa shape index (κ2) is 10.3. The number of amides is 2. The molecule has 1 fully saturated rings. The van der Waals surface area contributed by atoms with Gasteiger partial charge in [0.15, 0.2) is 0 Å². The molecule has 2 heterocycles. The molecule has 0 aliphatic carbocycles. The van der Waals surface area contributed by atoms with Crippen LogP contribution in [0.15, 0.2) is 24.4 Å². The molecule has 34 heavy (non-hydrogen) atoms. The minimum absolute atomic E-state index is 0.161. The summed E-state index contributed by atoms with van der Waals surface area (Å²) in [6, 6.07) is 3.72. The van der Waals surface area contributed by atoms with Crippen molar-refractivity contribution >= 4 is 29.1 Å². The molecule has 1 atom stereocenters. The number of hydrogen-bond donors (Lipinski definition) is 1. The summed E-state index contributed by atoms with van der Waals surface area (Å²) in [6.07, 6.45) is 0.858. The van der Waals surface area contributed by atoms with E-state index in [-0.39, 0.29) is 12.1 Å². The van der Waals surface area contributed by atoms with Crippen LogP contribution in [0.5, 0.6) is 0 Å². The van der Waals surface area contributed by atoms with Gasteiger partial charge in [0.1, 0.15) is 5.82 Å². The van der Waals surface area contributed by atoms with Crippen molar-refractivity contribution < 1.29 is 22.8 Å². The molecule has 1 saturated heterocycles. The van der Waals surface area contributed by atoms with Gasteiger partial charge >= 0.3 is 5.92 Å². The van der Waals surface area contributed by atoms with Gasteiger partial charge in [-0.2, -0.15) is 8.78 Å². The molecule has 0 bridgehead atoms. The Balaban J connectivity index is 1.72. The first-order valence-corrected chi connectivity index (χ1v) is 11.4. The number of alkyl halides is 2. The van der Waals surface area contributed by atoms with Crippen molar-refractivity contribution in [3.05, 3.63) is 57.6 Å². The Labute approximate surface area is 202 Å². The fraction of sp³-hybridized carbons (Fsp3) is 0.458. The molecule has 1 aromatic carbocycles. The van der Waals surface area contributed by atoms with Crippen molar-refractivity contribution in [3.8, 4) is 0 Å². The van der Waals surface area contributed by atoms with Gasteiger partial charge in [0, 0.05) is 50.5 Å². The number of anilines is 1. The summed E-state index contributed by atoms with van der Waals surface area (Å²) in [4.78, 5) is 32.1. The van der Waals surface area contributed by atoms with Gasteiger partial charge in [0.2, 0.25) is 0 Å².